The van der Waals surface area contributed by atoms with Gasteiger partial charge in [-0.25, -0.2) is 4.98 Å². The Labute approximate surface area is 225 Å². The van der Waals surface area contributed by atoms with E-state index in [1.165, 1.54) is 16.9 Å². The number of carbonyl (C=O) groups is 3. The van der Waals surface area contributed by atoms with Crippen molar-refractivity contribution in [2.75, 3.05) is 31.5 Å². The van der Waals surface area contributed by atoms with Gasteiger partial charge in [-0.15, -0.1) is 11.8 Å². The van der Waals surface area contributed by atoms with Gasteiger partial charge in [0.05, 0.1) is 10.4 Å². The smallest absolute Gasteiger partial charge is 0.253 e. The molecule has 37 heavy (non-hydrogen) atoms. The highest BCUT2D eigenvalue weighted by atomic mass is 32.2. The quantitative estimate of drug-likeness (QED) is 0.429. The van der Waals surface area contributed by atoms with Crippen molar-refractivity contribution in [1.82, 2.24) is 14.8 Å². The largest absolute Gasteiger partial charge is 0.339 e. The van der Waals surface area contributed by atoms with Crippen molar-refractivity contribution in [2.45, 2.75) is 29.7 Å². The topological polar surface area (TPSA) is 82.6 Å². The molecule has 1 aliphatic carbocycles. The van der Waals surface area contributed by atoms with Gasteiger partial charge >= 0.3 is 0 Å². The first kappa shape index (κ1) is 25.5. The second kappa shape index (κ2) is 11.5. The van der Waals surface area contributed by atoms with Crippen LogP contribution in [-0.4, -0.2) is 58.7 Å². The van der Waals surface area contributed by atoms with E-state index in [1.54, 1.807) is 29.8 Å². The molecule has 0 spiro atoms. The first-order valence-corrected chi connectivity index (χ1v) is 14.3. The molecular formula is C28H30N4O3S2. The van der Waals surface area contributed by atoms with Crippen LogP contribution < -0.4 is 5.32 Å². The molecule has 192 valence electrons. The summed E-state index contributed by atoms with van der Waals surface area (Å²) in [4.78, 5) is 45.1. The minimum atomic E-state index is 0.00323. The summed E-state index contributed by atoms with van der Waals surface area (Å²) in [5.74, 6) is 1.29. The zero-order chi connectivity index (χ0) is 25.8. The van der Waals surface area contributed by atoms with E-state index in [2.05, 4.69) is 22.4 Å². The molecule has 7 nitrogen and oxygen atoms in total. The molecule has 2 fully saturated rings. The fourth-order valence-electron chi connectivity index (χ4n) is 4.65. The molecule has 2 aliphatic rings. The molecule has 0 radical (unpaired) electrons. The van der Waals surface area contributed by atoms with Crippen LogP contribution in [0.1, 0.15) is 34.8 Å². The van der Waals surface area contributed by atoms with Crippen molar-refractivity contribution in [2.24, 2.45) is 11.8 Å². The maximum Gasteiger partial charge on any atom is 0.253 e. The Morgan fingerprint density at radius 2 is 1.73 bits per heavy atom. The summed E-state index contributed by atoms with van der Waals surface area (Å²) in [6.45, 7) is 3.83. The number of hydrogen-bond acceptors (Lipinski definition) is 6. The Bertz CT molecular complexity index is 1270. The summed E-state index contributed by atoms with van der Waals surface area (Å²) in [7, 11) is 0. The molecule has 1 N–H and O–H groups in total. The SMILES string of the molecule is CC(=O)N1CCN(C(=O)c2cccc(CSc3cnc(NC(=O)C4CC4Cc4ccccc4)s3)c2)CC1. The van der Waals surface area contributed by atoms with Crippen LogP contribution in [0, 0.1) is 11.8 Å². The maximum absolute atomic E-state index is 13.0. The predicted molar refractivity (Wildman–Crippen MR) is 147 cm³/mol. The lowest BCUT2D eigenvalue weighted by Gasteiger charge is -2.34. The summed E-state index contributed by atoms with van der Waals surface area (Å²) >= 11 is 3.12. The van der Waals surface area contributed by atoms with Gasteiger partial charge in [-0.05, 0) is 42.0 Å². The molecule has 3 aromatic rings. The molecule has 5 rings (SSSR count). The number of thioether (sulfide) groups is 1. The monoisotopic (exact) mass is 534 g/mol. The number of amides is 3. The highest BCUT2D eigenvalue weighted by Gasteiger charge is 2.42. The third-order valence-corrected chi connectivity index (χ3v) is 9.06. The van der Waals surface area contributed by atoms with E-state index in [0.29, 0.717) is 48.5 Å². The van der Waals surface area contributed by atoms with Crippen molar-refractivity contribution in [3.63, 3.8) is 0 Å². The van der Waals surface area contributed by atoms with Crippen LogP contribution in [0.15, 0.2) is 65.0 Å². The highest BCUT2D eigenvalue weighted by molar-refractivity contribution is 8.00. The van der Waals surface area contributed by atoms with Crippen molar-refractivity contribution in [3.8, 4) is 0 Å². The van der Waals surface area contributed by atoms with Crippen molar-refractivity contribution < 1.29 is 14.4 Å². The second-order valence-electron chi connectivity index (χ2n) is 9.55. The summed E-state index contributed by atoms with van der Waals surface area (Å²) < 4.78 is 1.02. The van der Waals surface area contributed by atoms with Crippen LogP contribution in [0.4, 0.5) is 5.13 Å². The second-order valence-corrected chi connectivity index (χ2v) is 11.9. The summed E-state index contributed by atoms with van der Waals surface area (Å²) in [6, 6.07) is 18.0. The molecule has 2 heterocycles. The zero-order valence-electron chi connectivity index (χ0n) is 20.8. The minimum Gasteiger partial charge on any atom is -0.339 e. The number of nitrogens with zero attached hydrogens (tertiary/aromatic N) is 3. The van der Waals surface area contributed by atoms with Crippen LogP contribution in [0.25, 0.3) is 0 Å². The van der Waals surface area contributed by atoms with Gasteiger partial charge in [0.2, 0.25) is 11.8 Å². The van der Waals surface area contributed by atoms with E-state index in [9.17, 15) is 14.4 Å². The minimum absolute atomic E-state index is 0.00323. The Kier molecular flexibility index (Phi) is 7.90. The number of nitrogens with one attached hydrogen (secondary N) is 1. The first-order valence-electron chi connectivity index (χ1n) is 12.5. The zero-order valence-corrected chi connectivity index (χ0v) is 22.4. The lowest BCUT2D eigenvalue weighted by Crippen LogP contribution is -2.50. The number of rotatable bonds is 8. The van der Waals surface area contributed by atoms with Gasteiger partial charge in [-0.3, -0.25) is 14.4 Å². The number of anilines is 1. The van der Waals surface area contributed by atoms with E-state index < -0.39 is 0 Å². The van der Waals surface area contributed by atoms with Crippen LogP contribution in [-0.2, 0) is 21.8 Å². The highest BCUT2D eigenvalue weighted by Crippen LogP contribution is 2.42. The van der Waals surface area contributed by atoms with Gasteiger partial charge in [0.15, 0.2) is 5.13 Å². The van der Waals surface area contributed by atoms with Gasteiger partial charge < -0.3 is 15.1 Å². The van der Waals surface area contributed by atoms with Crippen molar-refractivity contribution in [3.05, 3.63) is 77.5 Å². The summed E-state index contributed by atoms with van der Waals surface area (Å²) in [6.07, 6.45) is 3.66. The van der Waals surface area contributed by atoms with Crippen LogP contribution >= 0.6 is 23.1 Å². The fourth-order valence-corrected chi connectivity index (χ4v) is 6.47. The molecule has 0 bridgehead atoms. The molecular weight excluding hydrogens is 504 g/mol. The number of benzene rings is 2. The van der Waals surface area contributed by atoms with Gasteiger partial charge in [-0.2, -0.15) is 0 Å². The molecule has 2 aromatic carbocycles. The fraction of sp³-hybridized carbons (Fsp3) is 0.357. The lowest BCUT2D eigenvalue weighted by molar-refractivity contribution is -0.130. The van der Waals surface area contributed by atoms with Crippen LogP contribution in [0.5, 0.6) is 0 Å². The average molecular weight is 535 g/mol. The number of piperazine rings is 1. The summed E-state index contributed by atoms with van der Waals surface area (Å²) in [5.41, 5.74) is 3.00. The van der Waals surface area contributed by atoms with E-state index in [1.807, 2.05) is 47.4 Å². The van der Waals surface area contributed by atoms with E-state index in [4.69, 9.17) is 0 Å². The molecule has 9 heteroatoms. The third-order valence-electron chi connectivity index (χ3n) is 6.88. The Balaban J connectivity index is 1.09. The molecule has 2 atom stereocenters. The number of hydrogen-bond donors (Lipinski definition) is 1. The molecule has 2 unspecified atom stereocenters. The van der Waals surface area contributed by atoms with E-state index in [-0.39, 0.29) is 23.6 Å². The number of carbonyl (C=O) groups excluding carboxylic acids is 3. The summed E-state index contributed by atoms with van der Waals surface area (Å²) in [5, 5.41) is 3.62. The van der Waals surface area contributed by atoms with Gasteiger partial charge in [0, 0.05) is 50.3 Å². The van der Waals surface area contributed by atoms with Gasteiger partial charge in [0.25, 0.3) is 5.91 Å². The number of thiazole rings is 1. The Hall–Kier alpha value is -3.17. The van der Waals surface area contributed by atoms with Gasteiger partial charge in [0.1, 0.15) is 0 Å². The maximum atomic E-state index is 13.0. The standard InChI is InChI=1S/C28H30N4O3S2/c1-19(33)31-10-12-32(13-11-31)27(35)22-9-5-8-21(15-22)18-36-25-17-29-28(37-25)30-26(34)24-16-23(24)14-20-6-3-2-4-7-20/h2-9,15,17,23-24H,10-14,16,18H2,1H3,(H,29,30,34). The van der Waals surface area contributed by atoms with Crippen molar-refractivity contribution >= 4 is 46.0 Å². The normalized spacial score (nSPS) is 18.9. The Morgan fingerprint density at radius 1 is 1.00 bits per heavy atom. The predicted octanol–water partition coefficient (Wildman–Crippen LogP) is 4.56. The third kappa shape index (κ3) is 6.59. The van der Waals surface area contributed by atoms with Gasteiger partial charge in [-0.1, -0.05) is 53.8 Å². The van der Waals surface area contributed by atoms with Crippen LogP contribution in [0.3, 0.4) is 0 Å². The molecule has 3 amide bonds. The lowest BCUT2D eigenvalue weighted by atomic mass is 10.1. The average Bonchev–Trinajstić information content (AvgIpc) is 3.55. The Morgan fingerprint density at radius 3 is 2.49 bits per heavy atom. The van der Waals surface area contributed by atoms with E-state index in [0.717, 1.165) is 22.6 Å². The molecule has 1 aliphatic heterocycles. The van der Waals surface area contributed by atoms with Crippen molar-refractivity contribution in [1.29, 1.82) is 0 Å². The van der Waals surface area contributed by atoms with Crippen LogP contribution in [0.2, 0.25) is 0 Å². The molecule has 1 saturated carbocycles. The number of aromatic nitrogens is 1. The molecule has 1 saturated heterocycles. The van der Waals surface area contributed by atoms with E-state index >= 15 is 0 Å². The first-order chi connectivity index (χ1) is 18.0. The molecule has 1 aromatic heterocycles.